The highest BCUT2D eigenvalue weighted by Gasteiger charge is 2.34. The van der Waals surface area contributed by atoms with Crippen LogP contribution >= 0.6 is 0 Å². The number of hydrogen-bond donors (Lipinski definition) is 0. The summed E-state index contributed by atoms with van der Waals surface area (Å²) in [6.45, 7) is 0.0878. The van der Waals surface area contributed by atoms with Crippen LogP contribution in [0.3, 0.4) is 0 Å². The SMILES string of the molecule is COc1cc2c(OC(=O)c3cccn3C)c3c(c(-c4ccc5c(c4)OCO5)c2cc1OC)C(=O)OC3. The predicted molar refractivity (Wildman–Crippen MR) is 128 cm³/mol. The van der Waals surface area contributed by atoms with Crippen LogP contribution in [-0.4, -0.2) is 37.5 Å². The molecule has 0 radical (unpaired) electrons. The van der Waals surface area contributed by atoms with Crippen molar-refractivity contribution in [1.82, 2.24) is 4.57 Å². The number of rotatable bonds is 5. The Labute approximate surface area is 205 Å². The topological polar surface area (TPSA) is 94.5 Å². The molecule has 2 aliphatic heterocycles. The van der Waals surface area contributed by atoms with Gasteiger partial charge in [0.05, 0.1) is 19.8 Å². The number of carbonyl (C=O) groups is 2. The molecule has 0 saturated carbocycles. The highest BCUT2D eigenvalue weighted by Crippen LogP contribution is 2.49. The van der Waals surface area contributed by atoms with Crippen LogP contribution in [0.5, 0.6) is 28.7 Å². The summed E-state index contributed by atoms with van der Waals surface area (Å²) in [5.41, 5.74) is 2.49. The second-order valence-corrected chi connectivity index (χ2v) is 8.35. The van der Waals surface area contributed by atoms with Gasteiger partial charge >= 0.3 is 11.9 Å². The Hall–Kier alpha value is -4.66. The molecule has 0 fully saturated rings. The van der Waals surface area contributed by atoms with Gasteiger partial charge in [0.25, 0.3) is 0 Å². The molecule has 0 N–H and O–H groups in total. The fraction of sp³-hybridized carbons (Fsp3) is 0.185. The molecule has 3 heterocycles. The molecule has 0 aliphatic carbocycles. The van der Waals surface area contributed by atoms with Gasteiger partial charge < -0.3 is 33.0 Å². The Kier molecular flexibility index (Phi) is 4.99. The smallest absolute Gasteiger partial charge is 0.360 e. The van der Waals surface area contributed by atoms with E-state index in [0.717, 1.165) is 0 Å². The first-order valence-electron chi connectivity index (χ1n) is 11.2. The molecule has 0 unspecified atom stereocenters. The standard InChI is InChI=1S/C27H21NO8/c1-28-8-4-5-18(28)26(29)36-25-16-11-21(32-3)20(31-2)10-15(16)23(24-17(25)12-33-27(24)30)14-6-7-19-22(9-14)35-13-34-19/h4-11H,12-13H2,1-3H3. The van der Waals surface area contributed by atoms with E-state index in [9.17, 15) is 9.59 Å². The number of cyclic esters (lactones) is 1. The first kappa shape index (κ1) is 21.8. The number of esters is 2. The van der Waals surface area contributed by atoms with E-state index in [1.165, 1.54) is 14.2 Å². The van der Waals surface area contributed by atoms with Crippen molar-refractivity contribution in [2.75, 3.05) is 21.0 Å². The zero-order valence-electron chi connectivity index (χ0n) is 19.7. The summed E-state index contributed by atoms with van der Waals surface area (Å²) in [6.07, 6.45) is 1.75. The number of hydrogen-bond acceptors (Lipinski definition) is 8. The highest BCUT2D eigenvalue weighted by molar-refractivity contribution is 6.14. The number of methoxy groups -OCH3 is 2. The van der Waals surface area contributed by atoms with Gasteiger partial charge in [0.15, 0.2) is 23.0 Å². The Bertz CT molecular complexity index is 1570. The van der Waals surface area contributed by atoms with Crippen molar-refractivity contribution in [2.45, 2.75) is 6.61 Å². The summed E-state index contributed by atoms with van der Waals surface area (Å²) in [5, 5.41) is 1.19. The molecule has 1 aromatic heterocycles. The lowest BCUT2D eigenvalue weighted by Gasteiger charge is -2.18. The van der Waals surface area contributed by atoms with Crippen LogP contribution in [0.1, 0.15) is 26.4 Å². The lowest BCUT2D eigenvalue weighted by atomic mass is 9.89. The average molecular weight is 487 g/mol. The number of aromatic nitrogens is 1. The van der Waals surface area contributed by atoms with Crippen molar-refractivity contribution in [3.05, 3.63) is 65.5 Å². The van der Waals surface area contributed by atoms with Gasteiger partial charge in [0.2, 0.25) is 6.79 Å². The fourth-order valence-electron chi connectivity index (χ4n) is 4.69. The van der Waals surface area contributed by atoms with Crippen LogP contribution in [0.2, 0.25) is 0 Å². The summed E-state index contributed by atoms with van der Waals surface area (Å²) >= 11 is 0. The minimum atomic E-state index is -0.559. The van der Waals surface area contributed by atoms with Crippen molar-refractivity contribution in [1.29, 1.82) is 0 Å². The third kappa shape index (κ3) is 3.24. The monoisotopic (exact) mass is 487 g/mol. The molecule has 0 bridgehead atoms. The minimum Gasteiger partial charge on any atom is -0.493 e. The van der Waals surface area contributed by atoms with Crippen LogP contribution in [0.4, 0.5) is 0 Å². The van der Waals surface area contributed by atoms with Crippen molar-refractivity contribution in [3.63, 3.8) is 0 Å². The van der Waals surface area contributed by atoms with E-state index in [4.69, 9.17) is 28.4 Å². The number of aryl methyl sites for hydroxylation is 1. The molecule has 4 aromatic rings. The van der Waals surface area contributed by atoms with Crippen molar-refractivity contribution in [3.8, 4) is 39.9 Å². The molecule has 0 saturated heterocycles. The first-order valence-corrected chi connectivity index (χ1v) is 11.2. The second-order valence-electron chi connectivity index (χ2n) is 8.35. The van der Waals surface area contributed by atoms with Gasteiger partial charge in [-0.25, -0.2) is 9.59 Å². The van der Waals surface area contributed by atoms with E-state index in [2.05, 4.69) is 0 Å². The van der Waals surface area contributed by atoms with E-state index in [0.29, 0.717) is 61.7 Å². The third-order valence-corrected chi connectivity index (χ3v) is 6.42. The van der Waals surface area contributed by atoms with Gasteiger partial charge in [-0.2, -0.15) is 0 Å². The minimum absolute atomic E-state index is 0.0360. The molecule has 182 valence electrons. The van der Waals surface area contributed by atoms with Crippen LogP contribution in [0, 0.1) is 0 Å². The maximum atomic E-state index is 13.1. The maximum absolute atomic E-state index is 13.1. The molecule has 0 atom stereocenters. The van der Waals surface area contributed by atoms with Gasteiger partial charge in [-0.3, -0.25) is 0 Å². The van der Waals surface area contributed by atoms with Crippen LogP contribution < -0.4 is 23.7 Å². The van der Waals surface area contributed by atoms with Crippen LogP contribution in [0.25, 0.3) is 21.9 Å². The number of fused-ring (bicyclic) bond motifs is 3. The first-order chi connectivity index (χ1) is 17.5. The van der Waals surface area contributed by atoms with Gasteiger partial charge in [-0.1, -0.05) is 6.07 Å². The zero-order valence-corrected chi connectivity index (χ0v) is 19.7. The van der Waals surface area contributed by atoms with Gasteiger partial charge in [0, 0.05) is 29.8 Å². The Morgan fingerprint density at radius 1 is 0.917 bits per heavy atom. The van der Waals surface area contributed by atoms with E-state index < -0.39 is 11.9 Å². The van der Waals surface area contributed by atoms with Crippen molar-refractivity contribution < 1.29 is 38.0 Å². The molecule has 9 heteroatoms. The van der Waals surface area contributed by atoms with Gasteiger partial charge in [-0.15, -0.1) is 0 Å². The summed E-state index contributed by atoms with van der Waals surface area (Å²) in [4.78, 5) is 26.2. The Balaban J connectivity index is 1.66. The molecule has 0 spiro atoms. The lowest BCUT2D eigenvalue weighted by Crippen LogP contribution is -2.14. The summed E-state index contributed by atoms with van der Waals surface area (Å²) in [5.74, 6) is 1.26. The number of nitrogens with zero attached hydrogens (tertiary/aromatic N) is 1. The van der Waals surface area contributed by atoms with Crippen LogP contribution in [-0.2, 0) is 18.4 Å². The Morgan fingerprint density at radius 2 is 1.67 bits per heavy atom. The van der Waals surface area contributed by atoms with E-state index in [1.807, 2.05) is 12.1 Å². The fourth-order valence-corrected chi connectivity index (χ4v) is 4.69. The van der Waals surface area contributed by atoms with E-state index in [-0.39, 0.29) is 19.1 Å². The highest BCUT2D eigenvalue weighted by atomic mass is 16.7. The molecular weight excluding hydrogens is 466 g/mol. The second kappa shape index (κ2) is 8.23. The largest absolute Gasteiger partial charge is 0.493 e. The average Bonchev–Trinajstić information content (AvgIpc) is 3.63. The van der Waals surface area contributed by atoms with Crippen molar-refractivity contribution in [2.24, 2.45) is 7.05 Å². The molecule has 2 aliphatic rings. The zero-order chi connectivity index (χ0) is 25.0. The van der Waals surface area contributed by atoms with Gasteiger partial charge in [0.1, 0.15) is 18.1 Å². The lowest BCUT2D eigenvalue weighted by molar-refractivity contribution is 0.0534. The Morgan fingerprint density at radius 3 is 2.39 bits per heavy atom. The van der Waals surface area contributed by atoms with Crippen LogP contribution in [0.15, 0.2) is 48.7 Å². The third-order valence-electron chi connectivity index (χ3n) is 6.42. The number of benzene rings is 3. The summed E-state index contributed by atoms with van der Waals surface area (Å²) in [6, 6.07) is 12.4. The number of ether oxygens (including phenoxy) is 6. The normalized spacial score (nSPS) is 13.5. The molecule has 9 nitrogen and oxygen atoms in total. The molecule has 36 heavy (non-hydrogen) atoms. The number of carbonyl (C=O) groups excluding carboxylic acids is 2. The van der Waals surface area contributed by atoms with Crippen molar-refractivity contribution >= 4 is 22.7 Å². The molecule has 6 rings (SSSR count). The van der Waals surface area contributed by atoms with E-state index in [1.54, 1.807) is 48.1 Å². The maximum Gasteiger partial charge on any atom is 0.360 e. The molecule has 3 aromatic carbocycles. The summed E-state index contributed by atoms with van der Waals surface area (Å²) in [7, 11) is 4.81. The van der Waals surface area contributed by atoms with Gasteiger partial charge in [-0.05, 0) is 47.3 Å². The quantitative estimate of drug-likeness (QED) is 0.300. The summed E-state index contributed by atoms with van der Waals surface area (Å²) < 4.78 is 35.2. The van der Waals surface area contributed by atoms with E-state index >= 15 is 0 Å². The molecule has 0 amide bonds. The molecular formula is C27H21NO8. The predicted octanol–water partition coefficient (Wildman–Crippen LogP) is 4.48.